The van der Waals surface area contributed by atoms with E-state index in [0.29, 0.717) is 17.1 Å². The summed E-state index contributed by atoms with van der Waals surface area (Å²) in [6.07, 6.45) is 1.31. The van der Waals surface area contributed by atoms with Crippen molar-refractivity contribution in [3.8, 4) is 6.07 Å². The third kappa shape index (κ3) is 2.44. The quantitative estimate of drug-likeness (QED) is 0.793. The van der Waals surface area contributed by atoms with Gasteiger partial charge in [-0.1, -0.05) is 17.7 Å². The lowest BCUT2D eigenvalue weighted by molar-refractivity contribution is 1.17. The first-order chi connectivity index (χ1) is 8.20. The van der Waals surface area contributed by atoms with Crippen LogP contribution in [0, 0.1) is 11.3 Å². The molecule has 2 aromatic rings. The van der Waals surface area contributed by atoms with Crippen molar-refractivity contribution >= 4 is 28.8 Å². The molecule has 2 rings (SSSR count). The zero-order valence-electron chi connectivity index (χ0n) is 8.68. The van der Waals surface area contributed by atoms with E-state index < -0.39 is 0 Å². The molecule has 0 unspecified atom stereocenters. The van der Waals surface area contributed by atoms with Crippen LogP contribution in [0.3, 0.4) is 0 Å². The normalized spacial score (nSPS) is 9.65. The highest BCUT2D eigenvalue weighted by Crippen LogP contribution is 2.25. The molecular formula is C11H8ClN5. The van der Waals surface area contributed by atoms with Crippen LogP contribution in [0.5, 0.6) is 0 Å². The van der Waals surface area contributed by atoms with Crippen molar-refractivity contribution in [3.63, 3.8) is 0 Å². The number of hydrogen-bond donors (Lipinski definition) is 2. The Morgan fingerprint density at radius 1 is 1.35 bits per heavy atom. The molecule has 84 valence electrons. The number of hydrogen-bond acceptors (Lipinski definition) is 5. The van der Waals surface area contributed by atoms with Gasteiger partial charge in [0.25, 0.3) is 0 Å². The average Bonchev–Trinajstić information content (AvgIpc) is 2.35. The van der Waals surface area contributed by atoms with E-state index in [4.69, 9.17) is 22.6 Å². The van der Waals surface area contributed by atoms with Crippen LogP contribution in [-0.4, -0.2) is 9.97 Å². The molecule has 17 heavy (non-hydrogen) atoms. The lowest BCUT2D eigenvalue weighted by Crippen LogP contribution is -2.01. The lowest BCUT2D eigenvalue weighted by Gasteiger charge is -2.08. The molecule has 0 fully saturated rings. The number of benzene rings is 1. The number of nitriles is 1. The van der Waals surface area contributed by atoms with E-state index in [1.165, 1.54) is 6.33 Å². The number of nitrogens with zero attached hydrogens (tertiary/aromatic N) is 3. The third-order valence-electron chi connectivity index (χ3n) is 2.09. The number of nitrogens with one attached hydrogen (secondary N) is 1. The Kier molecular flexibility index (Phi) is 3.08. The van der Waals surface area contributed by atoms with Gasteiger partial charge in [-0.3, -0.25) is 0 Å². The molecule has 1 heterocycles. The molecule has 1 aromatic carbocycles. The molecule has 0 saturated heterocycles. The lowest BCUT2D eigenvalue weighted by atomic mass is 10.2. The Morgan fingerprint density at radius 3 is 2.94 bits per heavy atom. The molecule has 0 aliphatic rings. The predicted molar refractivity (Wildman–Crippen MR) is 65.9 cm³/mol. The van der Waals surface area contributed by atoms with Gasteiger partial charge in [0, 0.05) is 5.69 Å². The summed E-state index contributed by atoms with van der Waals surface area (Å²) in [6.45, 7) is 0. The van der Waals surface area contributed by atoms with Crippen molar-refractivity contribution in [2.75, 3.05) is 11.1 Å². The summed E-state index contributed by atoms with van der Waals surface area (Å²) in [5.41, 5.74) is 7.25. The fourth-order valence-corrected chi connectivity index (χ4v) is 1.41. The second-order valence-electron chi connectivity index (χ2n) is 3.24. The van der Waals surface area contributed by atoms with Crippen LogP contribution < -0.4 is 11.1 Å². The third-order valence-corrected chi connectivity index (χ3v) is 2.39. The minimum atomic E-state index is 0.193. The highest BCUT2D eigenvalue weighted by Gasteiger charge is 2.06. The Morgan fingerprint density at radius 2 is 2.18 bits per heavy atom. The molecule has 0 atom stereocenters. The van der Waals surface area contributed by atoms with Crippen molar-refractivity contribution < 1.29 is 0 Å². The van der Waals surface area contributed by atoms with Crippen LogP contribution in [0.1, 0.15) is 5.56 Å². The maximum Gasteiger partial charge on any atom is 0.158 e. The zero-order valence-corrected chi connectivity index (χ0v) is 9.44. The highest BCUT2D eigenvalue weighted by atomic mass is 35.5. The SMILES string of the molecule is N#Cc1cccc(Nc2ncnc(Cl)c2N)c1. The van der Waals surface area contributed by atoms with Gasteiger partial charge in [-0.25, -0.2) is 9.97 Å². The summed E-state index contributed by atoms with van der Waals surface area (Å²) in [7, 11) is 0. The van der Waals surface area contributed by atoms with Crippen LogP contribution in [0.2, 0.25) is 5.15 Å². The maximum absolute atomic E-state index is 8.78. The molecular weight excluding hydrogens is 238 g/mol. The Hall–Kier alpha value is -2.32. The van der Waals surface area contributed by atoms with Gasteiger partial charge in [-0.2, -0.15) is 5.26 Å². The van der Waals surface area contributed by atoms with Crippen LogP contribution >= 0.6 is 11.6 Å². The van der Waals surface area contributed by atoms with E-state index >= 15 is 0 Å². The molecule has 0 bridgehead atoms. The molecule has 0 saturated carbocycles. The fraction of sp³-hybridized carbons (Fsp3) is 0. The van der Waals surface area contributed by atoms with Gasteiger partial charge in [0.1, 0.15) is 12.0 Å². The minimum Gasteiger partial charge on any atom is -0.393 e. The topological polar surface area (TPSA) is 87.6 Å². The van der Waals surface area contributed by atoms with Gasteiger partial charge < -0.3 is 11.1 Å². The van der Waals surface area contributed by atoms with Crippen molar-refractivity contribution in [1.82, 2.24) is 9.97 Å². The molecule has 6 heteroatoms. The van der Waals surface area contributed by atoms with E-state index in [9.17, 15) is 0 Å². The van der Waals surface area contributed by atoms with E-state index in [1.54, 1.807) is 24.3 Å². The predicted octanol–water partition coefficient (Wildman–Crippen LogP) is 2.33. The van der Waals surface area contributed by atoms with Gasteiger partial charge in [-0.15, -0.1) is 0 Å². The summed E-state index contributed by atoms with van der Waals surface area (Å²) in [4.78, 5) is 7.73. The Labute approximate surface area is 103 Å². The molecule has 0 aliphatic carbocycles. The molecule has 5 nitrogen and oxygen atoms in total. The molecule has 1 aromatic heterocycles. The second kappa shape index (κ2) is 4.68. The van der Waals surface area contributed by atoms with Gasteiger partial charge >= 0.3 is 0 Å². The van der Waals surface area contributed by atoms with E-state index in [-0.39, 0.29) is 10.8 Å². The largest absolute Gasteiger partial charge is 0.393 e. The highest BCUT2D eigenvalue weighted by molar-refractivity contribution is 6.32. The molecule has 0 aliphatic heterocycles. The first-order valence-corrected chi connectivity index (χ1v) is 5.11. The van der Waals surface area contributed by atoms with Crippen LogP contribution in [-0.2, 0) is 0 Å². The van der Waals surface area contributed by atoms with Crippen molar-refractivity contribution in [2.24, 2.45) is 0 Å². The summed E-state index contributed by atoms with van der Waals surface area (Å²) < 4.78 is 0. The first-order valence-electron chi connectivity index (χ1n) is 4.74. The van der Waals surface area contributed by atoms with Gasteiger partial charge in [0.2, 0.25) is 0 Å². The monoisotopic (exact) mass is 245 g/mol. The Balaban J connectivity index is 2.32. The summed E-state index contributed by atoms with van der Waals surface area (Å²) in [5.74, 6) is 0.417. The van der Waals surface area contributed by atoms with Crippen molar-refractivity contribution in [2.45, 2.75) is 0 Å². The molecule has 0 radical (unpaired) electrons. The Bertz CT molecular complexity index is 591. The second-order valence-corrected chi connectivity index (χ2v) is 3.60. The molecule has 0 amide bonds. The summed E-state index contributed by atoms with van der Waals surface area (Å²) >= 11 is 5.77. The number of anilines is 3. The summed E-state index contributed by atoms with van der Waals surface area (Å²) in [5, 5.41) is 11.9. The number of halogens is 1. The minimum absolute atomic E-state index is 0.193. The number of aromatic nitrogens is 2. The standard InChI is InChI=1S/C11H8ClN5/c12-10-9(14)11(16-6-15-10)17-8-3-1-2-7(4-8)5-13/h1-4,6H,14H2,(H,15,16,17). The number of rotatable bonds is 2. The fourth-order valence-electron chi connectivity index (χ4n) is 1.28. The first kappa shape index (κ1) is 11.2. The maximum atomic E-state index is 8.78. The van der Waals surface area contributed by atoms with Gasteiger partial charge in [0.15, 0.2) is 11.0 Å². The van der Waals surface area contributed by atoms with E-state index in [2.05, 4.69) is 15.3 Å². The van der Waals surface area contributed by atoms with Crippen LogP contribution in [0.4, 0.5) is 17.2 Å². The summed E-state index contributed by atoms with van der Waals surface area (Å²) in [6, 6.07) is 9.01. The van der Waals surface area contributed by atoms with Gasteiger partial charge in [-0.05, 0) is 18.2 Å². The zero-order chi connectivity index (χ0) is 12.3. The van der Waals surface area contributed by atoms with Crippen molar-refractivity contribution in [3.05, 3.63) is 41.3 Å². The van der Waals surface area contributed by atoms with E-state index in [0.717, 1.165) is 0 Å². The van der Waals surface area contributed by atoms with Gasteiger partial charge in [0.05, 0.1) is 11.6 Å². The van der Waals surface area contributed by atoms with Crippen LogP contribution in [0.25, 0.3) is 0 Å². The smallest absolute Gasteiger partial charge is 0.158 e. The number of nitrogen functional groups attached to an aromatic ring is 1. The molecule has 0 spiro atoms. The number of nitrogens with two attached hydrogens (primary N) is 1. The van der Waals surface area contributed by atoms with Crippen molar-refractivity contribution in [1.29, 1.82) is 5.26 Å². The van der Waals surface area contributed by atoms with Crippen LogP contribution in [0.15, 0.2) is 30.6 Å². The van der Waals surface area contributed by atoms with E-state index in [1.807, 2.05) is 6.07 Å². The average molecular weight is 246 g/mol. The molecule has 3 N–H and O–H groups in total.